The predicted molar refractivity (Wildman–Crippen MR) is 122 cm³/mol. The molecule has 0 aliphatic heterocycles. The van der Waals surface area contributed by atoms with Crippen molar-refractivity contribution in [2.24, 2.45) is 0 Å². The molecular formula is C23H24N4O3S. The zero-order valence-corrected chi connectivity index (χ0v) is 18.4. The highest BCUT2D eigenvalue weighted by atomic mass is 32.2. The van der Waals surface area contributed by atoms with Gasteiger partial charge in [-0.25, -0.2) is 9.97 Å². The summed E-state index contributed by atoms with van der Waals surface area (Å²) < 4.78 is 0. The van der Waals surface area contributed by atoms with Crippen molar-refractivity contribution in [2.45, 2.75) is 37.7 Å². The number of hydrogen-bond donors (Lipinski definition) is 3. The zero-order chi connectivity index (χ0) is 22.4. The van der Waals surface area contributed by atoms with Crippen LogP contribution in [0.4, 0.5) is 11.5 Å². The number of thioether (sulfide) groups is 1. The molecule has 2 amide bonds. The first-order valence-corrected chi connectivity index (χ1v) is 10.7. The monoisotopic (exact) mass is 436 g/mol. The lowest BCUT2D eigenvalue weighted by Gasteiger charge is -2.11. The second kappa shape index (κ2) is 10.2. The summed E-state index contributed by atoms with van der Waals surface area (Å²) in [6, 6.07) is 12.9. The Morgan fingerprint density at radius 1 is 1.03 bits per heavy atom. The van der Waals surface area contributed by atoms with Crippen molar-refractivity contribution in [1.82, 2.24) is 9.97 Å². The number of hydrogen-bond acceptors (Lipinski definition) is 6. The van der Waals surface area contributed by atoms with Gasteiger partial charge in [-0.15, -0.1) is 11.8 Å². The molecule has 0 aliphatic carbocycles. The number of nitrogens with zero attached hydrogens (tertiary/aromatic N) is 2. The van der Waals surface area contributed by atoms with E-state index in [1.165, 1.54) is 18.7 Å². The molecule has 0 spiro atoms. The summed E-state index contributed by atoms with van der Waals surface area (Å²) in [5, 5.41) is 15.4. The third-order valence-electron chi connectivity index (χ3n) is 4.33. The van der Waals surface area contributed by atoms with Gasteiger partial charge in [0.15, 0.2) is 0 Å². The van der Waals surface area contributed by atoms with Gasteiger partial charge in [0.05, 0.1) is 5.56 Å². The molecule has 0 radical (unpaired) electrons. The molecule has 0 bridgehead atoms. The Labute approximate surface area is 185 Å². The van der Waals surface area contributed by atoms with Gasteiger partial charge in [-0.3, -0.25) is 9.59 Å². The molecule has 2 aromatic heterocycles. The van der Waals surface area contributed by atoms with E-state index in [1.54, 1.807) is 30.6 Å². The van der Waals surface area contributed by atoms with Crippen LogP contribution in [0, 0.1) is 13.8 Å². The van der Waals surface area contributed by atoms with Gasteiger partial charge < -0.3 is 15.7 Å². The molecule has 0 saturated carbocycles. The number of benzene rings is 1. The molecule has 0 fully saturated rings. The fraction of sp³-hybridized carbons (Fsp3) is 0.217. The van der Waals surface area contributed by atoms with Crippen LogP contribution in [0.2, 0.25) is 0 Å². The van der Waals surface area contributed by atoms with Crippen LogP contribution < -0.4 is 10.6 Å². The minimum Gasteiger partial charge on any atom is -0.384 e. The third kappa shape index (κ3) is 6.37. The van der Waals surface area contributed by atoms with Crippen molar-refractivity contribution < 1.29 is 14.7 Å². The van der Waals surface area contributed by atoms with Gasteiger partial charge in [0.25, 0.3) is 11.8 Å². The van der Waals surface area contributed by atoms with E-state index >= 15 is 0 Å². The van der Waals surface area contributed by atoms with Gasteiger partial charge in [0, 0.05) is 23.8 Å². The topological polar surface area (TPSA) is 104 Å². The summed E-state index contributed by atoms with van der Waals surface area (Å²) in [7, 11) is 0. The maximum absolute atomic E-state index is 12.9. The third-order valence-corrected chi connectivity index (χ3v) is 5.40. The van der Waals surface area contributed by atoms with Gasteiger partial charge in [0.1, 0.15) is 16.9 Å². The molecule has 3 N–H and O–H groups in total. The number of aliphatic hydroxyl groups is 1. The van der Waals surface area contributed by atoms with Crippen LogP contribution in [0.3, 0.4) is 0 Å². The van der Waals surface area contributed by atoms with E-state index < -0.39 is 12.0 Å². The van der Waals surface area contributed by atoms with Crippen LogP contribution in [0.5, 0.6) is 0 Å². The first kappa shape index (κ1) is 22.5. The molecule has 2 heterocycles. The molecule has 160 valence electrons. The van der Waals surface area contributed by atoms with Gasteiger partial charge in [0.2, 0.25) is 0 Å². The molecule has 0 saturated heterocycles. The molecule has 1 atom stereocenters. The summed E-state index contributed by atoms with van der Waals surface area (Å²) in [6.07, 6.45) is 2.11. The van der Waals surface area contributed by atoms with Crippen LogP contribution in [0.15, 0.2) is 59.9 Å². The van der Waals surface area contributed by atoms with Crippen LogP contribution in [0.25, 0.3) is 0 Å². The lowest BCUT2D eigenvalue weighted by molar-refractivity contribution is -0.123. The maximum Gasteiger partial charge on any atom is 0.258 e. The molecular weight excluding hydrogens is 412 g/mol. The van der Waals surface area contributed by atoms with E-state index in [0.717, 1.165) is 22.4 Å². The first-order chi connectivity index (χ1) is 14.8. The van der Waals surface area contributed by atoms with Crippen LogP contribution >= 0.6 is 11.8 Å². The molecule has 0 aliphatic rings. The Morgan fingerprint density at radius 2 is 1.77 bits per heavy atom. The highest BCUT2D eigenvalue weighted by Crippen LogP contribution is 2.26. The number of pyridine rings is 2. The smallest absolute Gasteiger partial charge is 0.258 e. The standard InChI is InChI=1S/C23H24N4O3S/c1-14-9-15(2)11-18(10-14)26-22(30)19-5-4-7-25-23(19)31-13-17-6-8-24-20(12-17)27-21(29)16(3)28/h4-12,16,28H,13H2,1-3H3,(H,26,30)(H,24,27,29). The van der Waals surface area contributed by atoms with Crippen LogP contribution in [0.1, 0.15) is 34.0 Å². The van der Waals surface area contributed by atoms with E-state index in [-0.39, 0.29) is 5.91 Å². The highest BCUT2D eigenvalue weighted by molar-refractivity contribution is 7.98. The van der Waals surface area contributed by atoms with E-state index in [0.29, 0.717) is 22.2 Å². The van der Waals surface area contributed by atoms with Gasteiger partial charge >= 0.3 is 0 Å². The summed E-state index contributed by atoms with van der Waals surface area (Å²) >= 11 is 1.42. The van der Waals surface area contributed by atoms with Crippen molar-refractivity contribution >= 4 is 35.1 Å². The number of aryl methyl sites for hydroxylation is 2. The number of carbonyl (C=O) groups is 2. The molecule has 3 rings (SSSR count). The fourth-order valence-corrected chi connectivity index (χ4v) is 3.87. The van der Waals surface area contributed by atoms with E-state index in [9.17, 15) is 14.7 Å². The van der Waals surface area contributed by atoms with Crippen molar-refractivity contribution in [2.75, 3.05) is 10.6 Å². The Balaban J connectivity index is 1.71. The zero-order valence-electron chi connectivity index (χ0n) is 17.5. The Hall–Kier alpha value is -3.23. The van der Waals surface area contributed by atoms with Gasteiger partial charge in [-0.2, -0.15) is 0 Å². The number of rotatable bonds is 7. The highest BCUT2D eigenvalue weighted by Gasteiger charge is 2.14. The van der Waals surface area contributed by atoms with Crippen LogP contribution in [-0.4, -0.2) is 33.0 Å². The molecule has 31 heavy (non-hydrogen) atoms. The fourth-order valence-electron chi connectivity index (χ4n) is 2.94. The number of aromatic nitrogens is 2. The van der Waals surface area contributed by atoms with Crippen molar-refractivity contribution in [3.05, 3.63) is 77.1 Å². The Bertz CT molecular complexity index is 1080. The number of carbonyl (C=O) groups excluding carboxylic acids is 2. The van der Waals surface area contributed by atoms with Crippen molar-refractivity contribution in [3.63, 3.8) is 0 Å². The normalized spacial score (nSPS) is 11.6. The largest absolute Gasteiger partial charge is 0.384 e. The quantitative estimate of drug-likeness (QED) is 0.485. The number of aliphatic hydroxyl groups excluding tert-OH is 1. The molecule has 7 nitrogen and oxygen atoms in total. The lowest BCUT2D eigenvalue weighted by atomic mass is 10.1. The first-order valence-electron chi connectivity index (χ1n) is 9.73. The van der Waals surface area contributed by atoms with Crippen molar-refractivity contribution in [3.8, 4) is 0 Å². The minimum atomic E-state index is -1.12. The summed E-state index contributed by atoms with van der Waals surface area (Å²) in [5.74, 6) is 0.145. The number of amides is 2. The molecule has 1 unspecified atom stereocenters. The number of nitrogens with one attached hydrogen (secondary N) is 2. The predicted octanol–water partition coefficient (Wildman–Crippen LogP) is 3.96. The van der Waals surface area contributed by atoms with Crippen molar-refractivity contribution in [1.29, 1.82) is 0 Å². The average molecular weight is 437 g/mol. The van der Waals surface area contributed by atoms with Gasteiger partial charge in [-0.05, 0) is 73.9 Å². The van der Waals surface area contributed by atoms with Gasteiger partial charge in [-0.1, -0.05) is 6.07 Å². The van der Waals surface area contributed by atoms with Crippen LogP contribution in [-0.2, 0) is 10.5 Å². The molecule has 1 aromatic carbocycles. The summed E-state index contributed by atoms with van der Waals surface area (Å²) in [4.78, 5) is 33.0. The maximum atomic E-state index is 12.9. The Kier molecular flexibility index (Phi) is 7.38. The second-order valence-electron chi connectivity index (χ2n) is 7.19. The summed E-state index contributed by atoms with van der Waals surface area (Å²) in [6.45, 7) is 5.36. The minimum absolute atomic E-state index is 0.222. The molecule has 3 aromatic rings. The molecule has 8 heteroatoms. The van der Waals surface area contributed by atoms with E-state index in [4.69, 9.17) is 0 Å². The van der Waals surface area contributed by atoms with E-state index in [1.807, 2.05) is 38.1 Å². The van der Waals surface area contributed by atoms with E-state index in [2.05, 4.69) is 20.6 Å². The SMILES string of the molecule is Cc1cc(C)cc(NC(=O)c2cccnc2SCc2ccnc(NC(=O)C(C)O)c2)c1. The second-order valence-corrected chi connectivity index (χ2v) is 8.15. The lowest BCUT2D eigenvalue weighted by Crippen LogP contribution is -2.24. The summed E-state index contributed by atoms with van der Waals surface area (Å²) in [5.41, 5.74) is 4.28. The average Bonchev–Trinajstić information content (AvgIpc) is 2.72. The Morgan fingerprint density at radius 3 is 2.48 bits per heavy atom. The number of anilines is 2.